The van der Waals surface area contributed by atoms with Crippen molar-refractivity contribution in [1.29, 1.82) is 0 Å². The van der Waals surface area contributed by atoms with E-state index in [0.29, 0.717) is 23.6 Å². The minimum absolute atomic E-state index is 0.245. The maximum Gasteiger partial charge on any atom is 0.309 e. The summed E-state index contributed by atoms with van der Waals surface area (Å²) in [4.78, 5) is 24.5. The van der Waals surface area contributed by atoms with E-state index in [9.17, 15) is 9.59 Å². The van der Waals surface area contributed by atoms with Gasteiger partial charge < -0.3 is 9.15 Å². The molecule has 2 unspecified atom stereocenters. The number of furan rings is 1. The molecule has 27 heavy (non-hydrogen) atoms. The molecule has 0 fully saturated rings. The first-order chi connectivity index (χ1) is 13.0. The van der Waals surface area contributed by atoms with Crippen LogP contribution < -0.4 is 0 Å². The van der Waals surface area contributed by atoms with E-state index in [1.54, 1.807) is 37.5 Å². The van der Waals surface area contributed by atoms with Gasteiger partial charge in [0.25, 0.3) is 5.91 Å². The first-order valence-electron chi connectivity index (χ1n) is 8.85. The van der Waals surface area contributed by atoms with Gasteiger partial charge in [-0.3, -0.25) is 9.59 Å². The fraction of sp³-hybridized carbons (Fsp3) is 0.350. The Kier molecular flexibility index (Phi) is 5.96. The molecule has 0 bridgehead atoms. The summed E-state index contributed by atoms with van der Waals surface area (Å²) < 4.78 is 10.6. The Hall–Kier alpha value is -2.60. The van der Waals surface area contributed by atoms with E-state index in [1.165, 1.54) is 5.01 Å². The molecule has 1 aliphatic rings. The largest absolute Gasteiger partial charge is 0.467 e. The van der Waals surface area contributed by atoms with Gasteiger partial charge in [0.2, 0.25) is 0 Å². The zero-order valence-corrected chi connectivity index (χ0v) is 16.0. The van der Waals surface area contributed by atoms with Crippen molar-refractivity contribution in [2.75, 3.05) is 6.61 Å². The van der Waals surface area contributed by atoms with Crippen LogP contribution in [-0.2, 0) is 14.3 Å². The average Bonchev–Trinajstić information content (AvgIpc) is 3.35. The van der Waals surface area contributed by atoms with E-state index >= 15 is 0 Å². The smallest absolute Gasteiger partial charge is 0.309 e. The molecule has 2 aromatic rings. The van der Waals surface area contributed by atoms with Gasteiger partial charge in [-0.1, -0.05) is 37.6 Å². The number of benzene rings is 1. The van der Waals surface area contributed by atoms with Crippen LogP contribution in [0.15, 0.2) is 52.2 Å². The molecule has 1 aromatic carbocycles. The normalized spacial score (nSPS) is 17.5. The fourth-order valence-electron chi connectivity index (χ4n) is 2.77. The van der Waals surface area contributed by atoms with Crippen molar-refractivity contribution in [2.24, 2.45) is 11.0 Å². The Labute approximate surface area is 162 Å². The maximum absolute atomic E-state index is 12.7. The van der Waals surface area contributed by atoms with Crippen LogP contribution in [0.4, 0.5) is 0 Å². The predicted octanol–water partition coefficient (Wildman–Crippen LogP) is 4.20. The third-order valence-corrected chi connectivity index (χ3v) is 4.82. The summed E-state index contributed by atoms with van der Waals surface area (Å²) in [5.41, 5.74) is 1.62. The van der Waals surface area contributed by atoms with Gasteiger partial charge in [0.1, 0.15) is 11.8 Å². The van der Waals surface area contributed by atoms with Crippen LogP contribution in [0.3, 0.4) is 0 Å². The number of rotatable bonds is 6. The van der Waals surface area contributed by atoms with Crippen LogP contribution in [0.2, 0.25) is 5.02 Å². The topological polar surface area (TPSA) is 72.1 Å². The summed E-state index contributed by atoms with van der Waals surface area (Å²) in [6.45, 7) is 3.31. The first-order valence-corrected chi connectivity index (χ1v) is 9.23. The molecular weight excluding hydrogens is 368 g/mol. The molecule has 2 heterocycles. The van der Waals surface area contributed by atoms with Gasteiger partial charge in [-0.15, -0.1) is 0 Å². The Balaban J connectivity index is 1.78. The van der Waals surface area contributed by atoms with Gasteiger partial charge in [-0.25, -0.2) is 5.01 Å². The Morgan fingerprint density at radius 3 is 2.70 bits per heavy atom. The molecule has 2 atom stereocenters. The molecule has 0 spiro atoms. The zero-order valence-electron chi connectivity index (χ0n) is 15.2. The van der Waals surface area contributed by atoms with Crippen molar-refractivity contribution in [1.82, 2.24) is 5.01 Å². The van der Waals surface area contributed by atoms with Crippen molar-refractivity contribution in [2.45, 2.75) is 32.7 Å². The minimum atomic E-state index is -0.392. The van der Waals surface area contributed by atoms with E-state index in [2.05, 4.69) is 5.10 Å². The fourth-order valence-corrected chi connectivity index (χ4v) is 2.89. The second kappa shape index (κ2) is 8.39. The lowest BCUT2D eigenvalue weighted by Gasteiger charge is -2.20. The monoisotopic (exact) mass is 388 g/mol. The molecule has 0 saturated carbocycles. The Morgan fingerprint density at radius 2 is 2.07 bits per heavy atom. The van der Waals surface area contributed by atoms with E-state index in [-0.39, 0.29) is 24.5 Å². The van der Waals surface area contributed by atoms with E-state index < -0.39 is 5.91 Å². The minimum Gasteiger partial charge on any atom is -0.467 e. The van der Waals surface area contributed by atoms with Crippen LogP contribution in [-0.4, -0.2) is 29.2 Å². The van der Waals surface area contributed by atoms with Crippen LogP contribution in [0.1, 0.15) is 44.1 Å². The number of carbonyl (C=O) groups is 2. The number of hydrogen-bond acceptors (Lipinski definition) is 5. The van der Waals surface area contributed by atoms with Crippen molar-refractivity contribution in [3.8, 4) is 0 Å². The zero-order chi connectivity index (χ0) is 19.4. The van der Waals surface area contributed by atoms with Crippen molar-refractivity contribution >= 4 is 29.2 Å². The number of hydrogen-bond donors (Lipinski definition) is 0. The lowest BCUT2D eigenvalue weighted by molar-refractivity contribution is -0.156. The first kappa shape index (κ1) is 19.2. The van der Waals surface area contributed by atoms with E-state index in [0.717, 1.165) is 11.3 Å². The highest BCUT2D eigenvalue weighted by atomic mass is 35.5. The number of halogens is 1. The van der Waals surface area contributed by atoms with E-state index in [1.807, 2.05) is 19.1 Å². The van der Waals surface area contributed by atoms with E-state index in [4.69, 9.17) is 20.8 Å². The molecule has 6 nitrogen and oxygen atoms in total. The highest BCUT2D eigenvalue weighted by Crippen LogP contribution is 2.33. The molecule has 7 heteroatoms. The number of esters is 1. The van der Waals surface area contributed by atoms with Crippen LogP contribution in [0.25, 0.3) is 0 Å². The molecule has 0 radical (unpaired) electrons. The summed E-state index contributed by atoms with van der Waals surface area (Å²) in [5, 5.41) is 6.44. The predicted molar refractivity (Wildman–Crippen MR) is 101 cm³/mol. The third kappa shape index (κ3) is 4.39. The SMILES string of the molecule is CCC(C)C(=O)OCC(=O)N1N=C(c2ccc(Cl)cc2)CC1c1ccco1. The second-order valence-electron chi connectivity index (χ2n) is 6.44. The number of nitrogens with zero attached hydrogens (tertiary/aromatic N) is 2. The summed E-state index contributed by atoms with van der Waals surface area (Å²) in [6, 6.07) is 10.5. The third-order valence-electron chi connectivity index (χ3n) is 4.57. The molecule has 1 aromatic heterocycles. The molecule has 1 amide bonds. The van der Waals surface area contributed by atoms with Gasteiger partial charge in [0.15, 0.2) is 6.61 Å². The lowest BCUT2D eigenvalue weighted by Crippen LogP contribution is -2.32. The standard InChI is InChI=1S/C20H21ClN2O4/c1-3-13(2)20(25)27-12-19(24)23-17(18-5-4-10-26-18)11-16(22-23)14-6-8-15(21)9-7-14/h4-10,13,17H,3,11-12H2,1-2H3. The van der Waals surface area contributed by atoms with Crippen molar-refractivity contribution in [3.63, 3.8) is 0 Å². The quantitative estimate of drug-likeness (QED) is 0.695. The van der Waals surface area contributed by atoms with Gasteiger partial charge in [-0.05, 0) is 36.2 Å². The molecule has 0 aliphatic carbocycles. The molecule has 142 valence electrons. The highest BCUT2D eigenvalue weighted by Gasteiger charge is 2.35. The Bertz CT molecular complexity index is 830. The average molecular weight is 389 g/mol. The number of amides is 1. The van der Waals surface area contributed by atoms with Gasteiger partial charge in [0.05, 0.1) is 17.9 Å². The van der Waals surface area contributed by atoms with Crippen molar-refractivity contribution in [3.05, 3.63) is 59.0 Å². The van der Waals surface area contributed by atoms with Crippen molar-refractivity contribution < 1.29 is 18.7 Å². The van der Waals surface area contributed by atoms with Gasteiger partial charge in [0, 0.05) is 11.4 Å². The van der Waals surface area contributed by atoms with Gasteiger partial charge in [-0.2, -0.15) is 5.10 Å². The summed E-state index contributed by atoms with van der Waals surface area (Å²) >= 11 is 5.95. The summed E-state index contributed by atoms with van der Waals surface area (Å²) in [5.74, 6) is -0.395. The van der Waals surface area contributed by atoms with Gasteiger partial charge >= 0.3 is 5.97 Å². The summed E-state index contributed by atoms with van der Waals surface area (Å²) in [7, 11) is 0. The van der Waals surface area contributed by atoms with Crippen LogP contribution in [0, 0.1) is 5.92 Å². The van der Waals surface area contributed by atoms with Crippen LogP contribution in [0.5, 0.6) is 0 Å². The molecule has 0 N–H and O–H groups in total. The Morgan fingerprint density at radius 1 is 1.33 bits per heavy atom. The maximum atomic E-state index is 12.7. The lowest BCUT2D eigenvalue weighted by atomic mass is 10.0. The summed E-state index contributed by atoms with van der Waals surface area (Å²) in [6.07, 6.45) is 2.71. The molecular formula is C20H21ClN2O4. The molecule has 1 aliphatic heterocycles. The number of hydrazone groups is 1. The number of ether oxygens (including phenoxy) is 1. The highest BCUT2D eigenvalue weighted by molar-refractivity contribution is 6.30. The number of carbonyl (C=O) groups excluding carboxylic acids is 2. The van der Waals surface area contributed by atoms with Crippen LogP contribution >= 0.6 is 11.6 Å². The second-order valence-corrected chi connectivity index (χ2v) is 6.88. The molecule has 3 rings (SSSR count). The molecule has 0 saturated heterocycles.